The lowest BCUT2D eigenvalue weighted by atomic mass is 10.2. The van der Waals surface area contributed by atoms with Gasteiger partial charge < -0.3 is 19.3 Å². The van der Waals surface area contributed by atoms with Crippen LogP contribution in [-0.4, -0.2) is 55.7 Å². The molecule has 0 aliphatic carbocycles. The first-order valence-corrected chi connectivity index (χ1v) is 10.1. The van der Waals surface area contributed by atoms with E-state index in [0.717, 1.165) is 23.7 Å². The average molecular weight is 398 g/mol. The van der Waals surface area contributed by atoms with Crippen LogP contribution in [0.4, 0.5) is 5.13 Å². The fraction of sp³-hybridized carbons (Fsp3) is 0.333. The van der Waals surface area contributed by atoms with Crippen molar-refractivity contribution in [2.75, 3.05) is 44.8 Å². The molecular formula is C21H23N3O3S. The van der Waals surface area contributed by atoms with Gasteiger partial charge in [-0.1, -0.05) is 23.5 Å². The lowest BCUT2D eigenvalue weighted by Crippen LogP contribution is -2.50. The molecule has 1 aromatic heterocycles. The highest BCUT2D eigenvalue weighted by molar-refractivity contribution is 7.22. The minimum absolute atomic E-state index is 0.00222. The molecule has 0 bridgehead atoms. The van der Waals surface area contributed by atoms with E-state index in [4.69, 9.17) is 14.5 Å². The topological polar surface area (TPSA) is 54.9 Å². The van der Waals surface area contributed by atoms with Gasteiger partial charge in [0.05, 0.1) is 17.3 Å². The number of piperazine rings is 1. The third-order valence-corrected chi connectivity index (χ3v) is 5.92. The summed E-state index contributed by atoms with van der Waals surface area (Å²) in [6, 6.07) is 13.6. The van der Waals surface area contributed by atoms with Gasteiger partial charge in [-0.25, -0.2) is 4.98 Å². The van der Waals surface area contributed by atoms with Crippen LogP contribution in [0, 0.1) is 6.92 Å². The molecule has 146 valence electrons. The fourth-order valence-electron chi connectivity index (χ4n) is 3.23. The van der Waals surface area contributed by atoms with Crippen molar-refractivity contribution in [2.45, 2.75) is 6.92 Å². The van der Waals surface area contributed by atoms with E-state index in [1.165, 1.54) is 10.3 Å². The van der Waals surface area contributed by atoms with E-state index in [1.54, 1.807) is 24.5 Å². The van der Waals surface area contributed by atoms with Gasteiger partial charge in [-0.2, -0.15) is 0 Å². The standard InChI is InChI=1S/C21H23N3O3S/c1-15-6-7-18-19(12-15)28-21(22-18)24-10-8-23(9-11-24)20(25)14-27-17-5-3-4-16(13-17)26-2/h3-7,12-13H,8-11,14H2,1-2H3. The van der Waals surface area contributed by atoms with Gasteiger partial charge in [0, 0.05) is 32.2 Å². The molecule has 28 heavy (non-hydrogen) atoms. The van der Waals surface area contributed by atoms with Crippen molar-refractivity contribution in [2.24, 2.45) is 0 Å². The van der Waals surface area contributed by atoms with Gasteiger partial charge in [-0.05, 0) is 36.8 Å². The molecule has 0 unspecified atom stereocenters. The first-order chi connectivity index (χ1) is 13.6. The van der Waals surface area contributed by atoms with E-state index >= 15 is 0 Å². The van der Waals surface area contributed by atoms with Crippen LogP contribution in [0.3, 0.4) is 0 Å². The zero-order valence-electron chi connectivity index (χ0n) is 16.1. The Kier molecular flexibility index (Phi) is 5.34. The number of benzene rings is 2. The third-order valence-electron chi connectivity index (χ3n) is 4.84. The highest BCUT2D eigenvalue weighted by atomic mass is 32.1. The number of aromatic nitrogens is 1. The fourth-order valence-corrected chi connectivity index (χ4v) is 4.34. The second-order valence-electron chi connectivity index (χ2n) is 6.80. The minimum atomic E-state index is 0.00222. The summed E-state index contributed by atoms with van der Waals surface area (Å²) < 4.78 is 12.0. The first-order valence-electron chi connectivity index (χ1n) is 9.29. The summed E-state index contributed by atoms with van der Waals surface area (Å²) >= 11 is 1.71. The molecule has 7 heteroatoms. The van der Waals surface area contributed by atoms with Crippen LogP contribution in [0.5, 0.6) is 11.5 Å². The van der Waals surface area contributed by atoms with E-state index in [1.807, 2.05) is 23.1 Å². The number of carbonyl (C=O) groups excluding carboxylic acids is 1. The maximum atomic E-state index is 12.5. The maximum absolute atomic E-state index is 12.5. The summed E-state index contributed by atoms with van der Waals surface area (Å²) in [5, 5.41) is 1.03. The van der Waals surface area contributed by atoms with E-state index in [0.29, 0.717) is 24.6 Å². The van der Waals surface area contributed by atoms with E-state index in [2.05, 4.69) is 30.0 Å². The van der Waals surface area contributed by atoms with Gasteiger partial charge in [-0.15, -0.1) is 0 Å². The summed E-state index contributed by atoms with van der Waals surface area (Å²) in [5.74, 6) is 1.35. The highest BCUT2D eigenvalue weighted by Gasteiger charge is 2.23. The van der Waals surface area contributed by atoms with E-state index in [9.17, 15) is 4.79 Å². The van der Waals surface area contributed by atoms with Gasteiger partial charge >= 0.3 is 0 Å². The zero-order chi connectivity index (χ0) is 19.5. The van der Waals surface area contributed by atoms with Crippen LogP contribution in [0.1, 0.15) is 5.56 Å². The Morgan fingerprint density at radius 2 is 1.89 bits per heavy atom. The zero-order valence-corrected chi connectivity index (χ0v) is 16.9. The Morgan fingerprint density at radius 3 is 2.68 bits per heavy atom. The smallest absolute Gasteiger partial charge is 0.260 e. The van der Waals surface area contributed by atoms with Crippen molar-refractivity contribution in [3.05, 3.63) is 48.0 Å². The third kappa shape index (κ3) is 4.04. The molecule has 0 radical (unpaired) electrons. The number of carbonyl (C=O) groups is 1. The number of amides is 1. The second kappa shape index (κ2) is 8.06. The number of nitrogens with zero attached hydrogens (tertiary/aromatic N) is 3. The summed E-state index contributed by atoms with van der Waals surface area (Å²) in [6.45, 7) is 5.04. The molecule has 1 aliphatic heterocycles. The number of anilines is 1. The number of ether oxygens (including phenoxy) is 2. The monoisotopic (exact) mass is 397 g/mol. The Balaban J connectivity index is 1.32. The molecular weight excluding hydrogens is 374 g/mol. The van der Waals surface area contributed by atoms with Gasteiger partial charge in [0.25, 0.3) is 5.91 Å². The van der Waals surface area contributed by atoms with Gasteiger partial charge in [-0.3, -0.25) is 4.79 Å². The number of rotatable bonds is 5. The molecule has 3 aromatic rings. The van der Waals surface area contributed by atoms with Crippen LogP contribution in [-0.2, 0) is 4.79 Å². The number of hydrogen-bond donors (Lipinski definition) is 0. The van der Waals surface area contributed by atoms with Crippen molar-refractivity contribution in [3.8, 4) is 11.5 Å². The summed E-state index contributed by atoms with van der Waals surface area (Å²) in [6.07, 6.45) is 0. The number of fused-ring (bicyclic) bond motifs is 1. The molecule has 4 rings (SSSR count). The predicted molar refractivity (Wildman–Crippen MR) is 112 cm³/mol. The molecule has 1 fully saturated rings. The Bertz CT molecular complexity index is 980. The van der Waals surface area contributed by atoms with Gasteiger partial charge in [0.2, 0.25) is 0 Å². The van der Waals surface area contributed by atoms with Gasteiger partial charge in [0.1, 0.15) is 11.5 Å². The van der Waals surface area contributed by atoms with Crippen molar-refractivity contribution in [1.82, 2.24) is 9.88 Å². The lowest BCUT2D eigenvalue weighted by molar-refractivity contribution is -0.133. The molecule has 1 saturated heterocycles. The minimum Gasteiger partial charge on any atom is -0.497 e. The predicted octanol–water partition coefficient (Wildman–Crippen LogP) is 3.34. The van der Waals surface area contributed by atoms with Crippen LogP contribution < -0.4 is 14.4 Å². The molecule has 6 nitrogen and oxygen atoms in total. The number of aryl methyl sites for hydroxylation is 1. The molecule has 2 aromatic carbocycles. The number of thiazole rings is 1. The first kappa shape index (κ1) is 18.6. The molecule has 0 spiro atoms. The van der Waals surface area contributed by atoms with Crippen LogP contribution >= 0.6 is 11.3 Å². The van der Waals surface area contributed by atoms with Crippen LogP contribution in [0.2, 0.25) is 0 Å². The molecule has 2 heterocycles. The molecule has 0 N–H and O–H groups in total. The highest BCUT2D eigenvalue weighted by Crippen LogP contribution is 2.30. The summed E-state index contributed by atoms with van der Waals surface area (Å²) in [5.41, 5.74) is 2.28. The number of methoxy groups -OCH3 is 1. The summed E-state index contributed by atoms with van der Waals surface area (Å²) in [7, 11) is 1.61. The maximum Gasteiger partial charge on any atom is 0.260 e. The molecule has 1 amide bonds. The largest absolute Gasteiger partial charge is 0.497 e. The van der Waals surface area contributed by atoms with Crippen molar-refractivity contribution in [1.29, 1.82) is 0 Å². The second-order valence-corrected chi connectivity index (χ2v) is 7.81. The van der Waals surface area contributed by atoms with Gasteiger partial charge in [0.15, 0.2) is 11.7 Å². The van der Waals surface area contributed by atoms with E-state index < -0.39 is 0 Å². The normalized spacial score (nSPS) is 14.4. The molecule has 0 saturated carbocycles. The SMILES string of the molecule is COc1cccc(OCC(=O)N2CCN(c3nc4ccc(C)cc4s3)CC2)c1. The van der Waals surface area contributed by atoms with Crippen LogP contribution in [0.25, 0.3) is 10.2 Å². The molecule has 0 atom stereocenters. The van der Waals surface area contributed by atoms with Crippen LogP contribution in [0.15, 0.2) is 42.5 Å². The van der Waals surface area contributed by atoms with Crippen molar-refractivity contribution in [3.63, 3.8) is 0 Å². The average Bonchev–Trinajstić information content (AvgIpc) is 3.15. The van der Waals surface area contributed by atoms with Crippen molar-refractivity contribution >= 4 is 32.6 Å². The summed E-state index contributed by atoms with van der Waals surface area (Å²) in [4.78, 5) is 21.3. The molecule has 1 aliphatic rings. The Morgan fingerprint density at radius 1 is 1.11 bits per heavy atom. The Hall–Kier alpha value is -2.80. The Labute approximate surface area is 168 Å². The van der Waals surface area contributed by atoms with Crippen molar-refractivity contribution < 1.29 is 14.3 Å². The van der Waals surface area contributed by atoms with E-state index in [-0.39, 0.29) is 12.5 Å². The quantitative estimate of drug-likeness (QED) is 0.661. The lowest BCUT2D eigenvalue weighted by Gasteiger charge is -2.34. The number of hydrogen-bond acceptors (Lipinski definition) is 6.